The summed E-state index contributed by atoms with van der Waals surface area (Å²) in [6.07, 6.45) is 0. The number of hydrogen-bond acceptors (Lipinski definition) is 3. The molecular weight excluding hydrogens is 707 g/mol. The topological polar surface area (TPSA) is 21.7 Å². The highest BCUT2D eigenvalue weighted by Crippen LogP contribution is 2.61. The molecule has 0 radical (unpaired) electrons. The first-order valence-corrected chi connectivity index (χ1v) is 19.8. The molecule has 1 aliphatic carbocycles. The van der Waals surface area contributed by atoms with E-state index in [1.807, 2.05) is 36.4 Å². The summed E-state index contributed by atoms with van der Waals surface area (Å²) < 4.78 is 13.3. The molecule has 0 fully saturated rings. The van der Waals surface area contributed by atoms with Crippen molar-refractivity contribution in [1.29, 1.82) is 0 Å². The molecule has 0 N–H and O–H groups in total. The van der Waals surface area contributed by atoms with Crippen molar-refractivity contribution in [3.8, 4) is 67.5 Å². The first kappa shape index (κ1) is 32.6. The molecule has 0 amide bonds. The van der Waals surface area contributed by atoms with Gasteiger partial charge < -0.3 is 9.47 Å². The van der Waals surface area contributed by atoms with E-state index in [1.165, 1.54) is 44.5 Å². The molecule has 12 rings (SSSR count). The van der Waals surface area contributed by atoms with Crippen LogP contribution in [0.25, 0.3) is 44.5 Å². The molecule has 9 aromatic rings. The van der Waals surface area contributed by atoms with Gasteiger partial charge >= 0.3 is 0 Å². The summed E-state index contributed by atoms with van der Waals surface area (Å²) in [5.41, 5.74) is 17.0. The van der Waals surface area contributed by atoms with Crippen molar-refractivity contribution < 1.29 is 9.47 Å². The molecule has 0 saturated carbocycles. The smallest absolute Gasteiger partial charge is 0.156 e. The summed E-state index contributed by atoms with van der Waals surface area (Å²) in [5, 5.41) is 0. The molecule has 58 heavy (non-hydrogen) atoms. The third kappa shape index (κ3) is 4.68. The van der Waals surface area contributed by atoms with Crippen LogP contribution in [0.2, 0.25) is 0 Å². The van der Waals surface area contributed by atoms with Crippen molar-refractivity contribution in [2.75, 3.05) is 4.90 Å². The lowest BCUT2D eigenvalue weighted by Crippen LogP contribution is -2.29. The first-order chi connectivity index (χ1) is 28.8. The van der Waals surface area contributed by atoms with E-state index in [2.05, 4.69) is 181 Å². The predicted octanol–water partition coefficient (Wildman–Crippen LogP) is 14.7. The van der Waals surface area contributed by atoms with Crippen LogP contribution in [-0.2, 0) is 5.41 Å². The molecule has 9 aromatic carbocycles. The highest BCUT2D eigenvalue weighted by molar-refractivity contribution is 5.97. The number of para-hydroxylation sites is 4. The van der Waals surface area contributed by atoms with E-state index in [4.69, 9.17) is 9.47 Å². The summed E-state index contributed by atoms with van der Waals surface area (Å²) in [6.45, 7) is 0. The van der Waals surface area contributed by atoms with Crippen molar-refractivity contribution >= 4 is 17.1 Å². The quantitative estimate of drug-likeness (QED) is 0.175. The van der Waals surface area contributed by atoms with Crippen LogP contribution in [0.1, 0.15) is 22.3 Å². The number of fused-ring (bicyclic) bond motifs is 7. The Kier molecular flexibility index (Phi) is 7.14. The molecule has 272 valence electrons. The second-order valence-corrected chi connectivity index (χ2v) is 15.2. The molecule has 0 atom stereocenters. The van der Waals surface area contributed by atoms with Crippen molar-refractivity contribution in [2.24, 2.45) is 0 Å². The minimum Gasteiger partial charge on any atom is -0.453 e. The van der Waals surface area contributed by atoms with Gasteiger partial charge in [0.15, 0.2) is 23.0 Å². The fourth-order valence-electron chi connectivity index (χ4n) is 9.74. The number of ether oxygens (including phenoxy) is 2. The van der Waals surface area contributed by atoms with Crippen LogP contribution in [-0.4, -0.2) is 0 Å². The zero-order valence-corrected chi connectivity index (χ0v) is 31.5. The van der Waals surface area contributed by atoms with Gasteiger partial charge in [0.25, 0.3) is 0 Å². The lowest BCUT2D eigenvalue weighted by atomic mass is 9.66. The SMILES string of the molecule is c1ccc(C2(c3ccccc3)c3ccccc3-c3cccc(-c4ccc(-c5ccccc5-c5cc6c7c(c5)Oc5ccccc5N7c5ccccc5O6)cc4)c32)cc1. The van der Waals surface area contributed by atoms with Crippen LogP contribution < -0.4 is 14.4 Å². The summed E-state index contributed by atoms with van der Waals surface area (Å²) in [4.78, 5) is 2.26. The van der Waals surface area contributed by atoms with Gasteiger partial charge in [0.05, 0.1) is 16.8 Å². The molecule has 0 saturated heterocycles. The molecule has 3 aliphatic rings. The van der Waals surface area contributed by atoms with Crippen LogP contribution in [0.5, 0.6) is 23.0 Å². The average Bonchev–Trinajstić information content (AvgIpc) is 3.61. The number of nitrogens with zero attached hydrogens (tertiary/aromatic N) is 1. The zero-order chi connectivity index (χ0) is 38.2. The molecular formula is C55H35NO2. The van der Waals surface area contributed by atoms with Crippen molar-refractivity contribution in [1.82, 2.24) is 0 Å². The van der Waals surface area contributed by atoms with E-state index in [0.29, 0.717) is 0 Å². The number of anilines is 3. The summed E-state index contributed by atoms with van der Waals surface area (Å²) in [6, 6.07) is 76.2. The highest BCUT2D eigenvalue weighted by Gasteiger charge is 2.47. The minimum atomic E-state index is -0.482. The standard InChI is InChI=1S/C55H35NO2/c1-3-16-39(17-4-1)55(40-18-5-2-6-19-40)46-25-10-9-22-44(46)45-24-15-23-43(53(45)55)37-32-30-36(31-33-37)41-20-7-8-21-42(41)38-34-51-54-52(35-38)58-50-29-14-12-27-48(50)56(54)47-26-11-13-28-49(47)57-51/h1-35H. The number of benzene rings is 9. The molecule has 0 bridgehead atoms. The van der Waals surface area contributed by atoms with Gasteiger partial charge in [0.1, 0.15) is 5.69 Å². The van der Waals surface area contributed by atoms with Gasteiger partial charge in [-0.15, -0.1) is 0 Å². The minimum absolute atomic E-state index is 0.482. The largest absolute Gasteiger partial charge is 0.453 e. The lowest BCUT2D eigenvalue weighted by molar-refractivity contribution is 0.446. The molecule has 0 aromatic heterocycles. The van der Waals surface area contributed by atoms with E-state index in [1.54, 1.807) is 0 Å². The monoisotopic (exact) mass is 741 g/mol. The molecule has 3 nitrogen and oxygen atoms in total. The molecule has 0 unspecified atom stereocenters. The van der Waals surface area contributed by atoms with E-state index in [9.17, 15) is 0 Å². The Bertz CT molecular complexity index is 2950. The van der Waals surface area contributed by atoms with Crippen molar-refractivity contribution in [2.45, 2.75) is 5.41 Å². The Hall–Kier alpha value is -7.62. The van der Waals surface area contributed by atoms with Gasteiger partial charge in [0.2, 0.25) is 0 Å². The van der Waals surface area contributed by atoms with E-state index >= 15 is 0 Å². The maximum absolute atomic E-state index is 6.63. The Balaban J connectivity index is 0.990. The molecule has 2 heterocycles. The summed E-state index contributed by atoms with van der Waals surface area (Å²) in [5.74, 6) is 3.17. The second-order valence-electron chi connectivity index (χ2n) is 15.2. The highest BCUT2D eigenvalue weighted by atomic mass is 16.5. The summed E-state index contributed by atoms with van der Waals surface area (Å²) >= 11 is 0. The van der Waals surface area contributed by atoms with Crippen molar-refractivity contribution in [3.63, 3.8) is 0 Å². The third-order valence-electron chi connectivity index (χ3n) is 12.1. The maximum Gasteiger partial charge on any atom is 0.156 e. The Labute approximate surface area is 337 Å². The van der Waals surface area contributed by atoms with Gasteiger partial charge in [-0.2, -0.15) is 0 Å². The predicted molar refractivity (Wildman–Crippen MR) is 235 cm³/mol. The number of hydrogen-bond donors (Lipinski definition) is 0. The summed E-state index contributed by atoms with van der Waals surface area (Å²) in [7, 11) is 0. The van der Waals surface area contributed by atoms with Crippen LogP contribution in [0.15, 0.2) is 212 Å². The van der Waals surface area contributed by atoms with Crippen LogP contribution in [0.4, 0.5) is 17.1 Å². The van der Waals surface area contributed by atoms with E-state index in [0.717, 1.165) is 62.3 Å². The average molecular weight is 742 g/mol. The van der Waals surface area contributed by atoms with Gasteiger partial charge in [-0.05, 0) is 103 Å². The van der Waals surface area contributed by atoms with E-state index < -0.39 is 5.41 Å². The Morgan fingerprint density at radius 1 is 0.328 bits per heavy atom. The van der Waals surface area contributed by atoms with Gasteiger partial charge in [-0.25, -0.2) is 0 Å². The second kappa shape index (κ2) is 12.7. The fourth-order valence-corrected chi connectivity index (χ4v) is 9.74. The van der Waals surface area contributed by atoms with Crippen molar-refractivity contribution in [3.05, 3.63) is 235 Å². The van der Waals surface area contributed by atoms with Gasteiger partial charge in [-0.3, -0.25) is 4.90 Å². The maximum atomic E-state index is 6.63. The van der Waals surface area contributed by atoms with E-state index in [-0.39, 0.29) is 0 Å². The third-order valence-corrected chi connectivity index (χ3v) is 12.1. The fraction of sp³-hybridized carbons (Fsp3) is 0.0182. The molecule has 0 spiro atoms. The van der Waals surface area contributed by atoms with Crippen LogP contribution in [0.3, 0.4) is 0 Å². The zero-order valence-electron chi connectivity index (χ0n) is 31.5. The van der Waals surface area contributed by atoms with Crippen LogP contribution in [0, 0.1) is 0 Å². The Morgan fingerprint density at radius 3 is 1.38 bits per heavy atom. The molecule has 3 heteroatoms. The van der Waals surface area contributed by atoms with Crippen LogP contribution >= 0.6 is 0 Å². The number of rotatable bonds is 5. The lowest BCUT2D eigenvalue weighted by Gasteiger charge is -2.38. The first-order valence-electron chi connectivity index (χ1n) is 19.8. The van der Waals surface area contributed by atoms with Gasteiger partial charge in [-0.1, -0.05) is 176 Å². The Morgan fingerprint density at radius 2 is 0.776 bits per heavy atom. The molecule has 2 aliphatic heterocycles. The normalized spacial score (nSPS) is 13.6. The van der Waals surface area contributed by atoms with Gasteiger partial charge in [0, 0.05) is 0 Å².